The fourth-order valence-electron chi connectivity index (χ4n) is 12.5. The van der Waals surface area contributed by atoms with Crippen LogP contribution in [0.5, 0.6) is 0 Å². The maximum Gasteiger partial charge on any atom is 0.407 e. The molecule has 102 heavy (non-hydrogen) atoms. The summed E-state index contributed by atoms with van der Waals surface area (Å²) in [6.07, 6.45) is 8.33. The third-order valence-electron chi connectivity index (χ3n) is 17.5. The lowest BCUT2D eigenvalue weighted by molar-refractivity contribution is -0.162. The van der Waals surface area contributed by atoms with E-state index in [1.165, 1.54) is 13.8 Å². The summed E-state index contributed by atoms with van der Waals surface area (Å²) in [6, 6.07) is 37.9. The number of amides is 6. The van der Waals surface area contributed by atoms with E-state index in [0.717, 1.165) is 87.3 Å². The van der Waals surface area contributed by atoms with Gasteiger partial charge in [0.1, 0.15) is 53.5 Å². The minimum absolute atomic E-state index is 0.0573. The van der Waals surface area contributed by atoms with Crippen LogP contribution in [0.2, 0.25) is 0 Å². The topological polar surface area (TPSA) is 304 Å². The molecule has 6 N–H and O–H groups in total. The minimum Gasteiger partial charge on any atom is -0.454 e. The van der Waals surface area contributed by atoms with Gasteiger partial charge in [0, 0.05) is 31.2 Å². The van der Waals surface area contributed by atoms with E-state index >= 15 is 0 Å². The van der Waals surface area contributed by atoms with Crippen LogP contribution in [0.25, 0.3) is 22.3 Å². The number of benzene rings is 5. The molecule has 5 aromatic rings. The number of ether oxygens (including phenoxy) is 4. The van der Waals surface area contributed by atoms with Crippen LogP contribution < -0.4 is 31.9 Å². The first-order valence-electron chi connectivity index (χ1n) is 34.7. The van der Waals surface area contributed by atoms with E-state index in [-0.39, 0.29) is 71.9 Å². The van der Waals surface area contributed by atoms with Gasteiger partial charge in [-0.3, -0.25) is 28.8 Å². The van der Waals surface area contributed by atoms with Crippen LogP contribution in [-0.2, 0) is 58.9 Å². The standard InChI is InChI=1S/C45H54N4O7S.C34H39N3O7S/c1-6-39(57-26-16-17-27-57)40(50)38(28-31-18-8-7-9-19-31)48-41(51)30(2)47-42(52)37(24-14-15-25-46-43(53)56-45(3,4)5)49-44(54)55-29-36-34-22-12-10-20-32(34)33-21-11-13-23-35(33)36;1-21(36-33(42)43-20-26-24-13-7-5-11-22(24)23-12-6-8-14-25(23)26)31(40)37-27(15-16-28(38)32(41)44-34(2,3)4)30(39)29(19-35)45-17-9-10-18-45/h1,7-13,18-23,30,36-38H,14-17,24-29H2,2-5H3,(H,46,53)(H,47,52)(H,48,51)(H,49,54);5-8,11-14,21,26-27H,9-10,15-18,20H2,1-4H3,(H,36,42)(H,37,40)/t30-,37-,38-;21-,27-/m00/s1. The van der Waals surface area contributed by atoms with Gasteiger partial charge in [0.05, 0.1) is 16.9 Å². The number of nitrogens with one attached hydrogen (secondary N) is 6. The number of ketones is 3. The van der Waals surface area contributed by atoms with E-state index in [9.17, 15) is 53.2 Å². The second kappa shape index (κ2) is 36.8. The molecular formula is C79H93N7O14S2. The smallest absolute Gasteiger partial charge is 0.407 e. The van der Waals surface area contributed by atoms with Gasteiger partial charge in [0.25, 0.3) is 0 Å². The van der Waals surface area contributed by atoms with Gasteiger partial charge in [0.15, 0.2) is 5.78 Å². The molecule has 0 bridgehead atoms. The number of hydrogen-bond donors (Lipinski definition) is 6. The van der Waals surface area contributed by atoms with Gasteiger partial charge in [0.2, 0.25) is 29.3 Å². The summed E-state index contributed by atoms with van der Waals surface area (Å²) in [4.78, 5) is 131. The number of hydrogen-bond acceptors (Lipinski definition) is 15. The molecule has 2 fully saturated rings. The third-order valence-corrected chi connectivity index (χ3v) is 22.4. The highest BCUT2D eigenvalue weighted by atomic mass is 32.2. The minimum atomic E-state index is -1.24. The third kappa shape index (κ3) is 21.9. The van der Waals surface area contributed by atoms with Crippen molar-refractivity contribution in [3.05, 3.63) is 155 Å². The predicted molar refractivity (Wildman–Crippen MR) is 397 cm³/mol. The SMILES string of the molecule is C#CC(C(=O)[C@H](Cc1ccccc1)NC(=O)[C@H](C)NC(=O)[C@H](CCCCNC(=O)OC(C)(C)C)NC(=O)OCC1c2ccccc2-c2ccccc21)=S1CCCC1.C[C@H](NC(=O)OCC1c2ccccc2-c2ccccc21)C(=O)N[C@@H](CCC(=O)C(=O)OC(C)(C)C)C(=O)C(C#N)=S1CCCC1. The van der Waals surface area contributed by atoms with E-state index < -0.39 is 105 Å². The monoisotopic (exact) mass is 1430 g/mol. The van der Waals surface area contributed by atoms with Gasteiger partial charge in [-0.25, -0.2) is 19.2 Å². The van der Waals surface area contributed by atoms with Gasteiger partial charge in [-0.2, -0.15) is 26.2 Å². The second-order valence-corrected chi connectivity index (χ2v) is 31.9. The number of terminal acetylenes is 1. The largest absolute Gasteiger partial charge is 0.454 e. The summed E-state index contributed by atoms with van der Waals surface area (Å²) >= 11 is 0. The molecular weight excluding hydrogens is 1340 g/mol. The van der Waals surface area contributed by atoms with Crippen LogP contribution in [-0.4, -0.2) is 153 Å². The first-order chi connectivity index (χ1) is 48.7. The predicted octanol–water partition coefficient (Wildman–Crippen LogP) is 10.7. The lowest BCUT2D eigenvalue weighted by atomic mass is 9.98. The van der Waals surface area contributed by atoms with Crippen LogP contribution in [0.4, 0.5) is 14.4 Å². The first-order valence-corrected chi connectivity index (χ1v) is 37.8. The number of rotatable bonds is 27. The Labute approximate surface area is 602 Å². The van der Waals surface area contributed by atoms with Gasteiger partial charge < -0.3 is 50.8 Å². The summed E-state index contributed by atoms with van der Waals surface area (Å²) in [5.74, 6) is 0.849. The Balaban J connectivity index is 0.000000266. The van der Waals surface area contributed by atoms with Crippen molar-refractivity contribution >= 4 is 90.0 Å². The van der Waals surface area contributed by atoms with Crippen molar-refractivity contribution in [2.45, 2.75) is 173 Å². The molecule has 2 heterocycles. The Morgan fingerprint density at radius 3 is 1.40 bits per heavy atom. The maximum absolute atomic E-state index is 13.9. The van der Waals surface area contributed by atoms with Crippen molar-refractivity contribution in [2.75, 3.05) is 42.8 Å². The number of alkyl carbamates (subject to hydrolysis) is 3. The fourth-order valence-corrected chi connectivity index (χ4v) is 17.1. The van der Waals surface area contributed by atoms with Crippen molar-refractivity contribution in [1.82, 2.24) is 31.9 Å². The number of carbonyl (C=O) groups excluding carboxylic acids is 10. The summed E-state index contributed by atoms with van der Waals surface area (Å²) < 4.78 is 21.7. The molecule has 5 aromatic carbocycles. The Morgan fingerprint density at radius 1 is 0.500 bits per heavy atom. The highest BCUT2D eigenvalue weighted by Gasteiger charge is 2.36. The molecule has 2 aliphatic carbocycles. The van der Waals surface area contributed by atoms with Crippen molar-refractivity contribution in [3.63, 3.8) is 0 Å². The molecule has 0 radical (unpaired) electrons. The lowest BCUT2D eigenvalue weighted by Crippen LogP contribution is -2.55. The molecule has 540 valence electrons. The normalized spacial score (nSPS) is 15.3. The number of esters is 1. The average Bonchev–Trinajstić information content (AvgIpc) is 1.62. The molecule has 23 heteroatoms. The van der Waals surface area contributed by atoms with E-state index in [1.54, 1.807) is 41.5 Å². The quantitative estimate of drug-likeness (QED) is 0.00711. The summed E-state index contributed by atoms with van der Waals surface area (Å²) in [7, 11) is -0.864. The molecule has 9 rings (SSSR count). The number of unbranched alkanes of at least 4 members (excludes halogenated alkanes) is 1. The van der Waals surface area contributed by atoms with Crippen LogP contribution in [0.3, 0.4) is 0 Å². The van der Waals surface area contributed by atoms with Crippen molar-refractivity contribution in [1.29, 1.82) is 5.26 Å². The Morgan fingerprint density at radius 2 is 0.931 bits per heavy atom. The number of carbonyl (C=O) groups is 10. The maximum atomic E-state index is 13.9. The van der Waals surface area contributed by atoms with Gasteiger partial charge in [-0.05, 0) is 180 Å². The molecule has 4 aliphatic rings. The lowest BCUT2D eigenvalue weighted by Gasteiger charge is -2.24. The van der Waals surface area contributed by atoms with Gasteiger partial charge >= 0.3 is 24.2 Å². The van der Waals surface area contributed by atoms with Crippen molar-refractivity contribution in [2.24, 2.45) is 0 Å². The van der Waals surface area contributed by atoms with Crippen LogP contribution in [0, 0.1) is 23.7 Å². The molecule has 2 aliphatic heterocycles. The molecule has 0 spiro atoms. The van der Waals surface area contributed by atoms with E-state index in [4.69, 9.17) is 25.4 Å². The van der Waals surface area contributed by atoms with E-state index in [2.05, 4.69) is 37.8 Å². The second-order valence-electron chi connectivity index (χ2n) is 27.5. The zero-order valence-electron chi connectivity index (χ0n) is 59.2. The number of Topliss-reactive ketones (excluding diaryl/α,β-unsaturated/α-hetero) is 3. The molecule has 2 saturated heterocycles. The van der Waals surface area contributed by atoms with Crippen LogP contribution in [0.15, 0.2) is 127 Å². The zero-order chi connectivity index (χ0) is 73.7. The van der Waals surface area contributed by atoms with Gasteiger partial charge in [-0.15, -0.1) is 6.42 Å². The fraction of sp³-hybridized carbons (Fsp3) is 0.430. The molecule has 0 saturated carbocycles. The molecule has 21 nitrogen and oxygen atoms in total. The summed E-state index contributed by atoms with van der Waals surface area (Å²) in [6.45, 7) is 13.6. The summed E-state index contributed by atoms with van der Waals surface area (Å²) in [5.41, 5.74) is 7.89. The molecule has 6 amide bonds. The Kier molecular flexibility index (Phi) is 28.1. The first kappa shape index (κ1) is 78.0. The van der Waals surface area contributed by atoms with Crippen LogP contribution >= 0.6 is 21.0 Å². The molecule has 0 aromatic heterocycles. The number of nitriles is 1. The van der Waals surface area contributed by atoms with Gasteiger partial charge in [-0.1, -0.05) is 133 Å². The number of nitrogens with zero attached hydrogens (tertiary/aromatic N) is 1. The average molecular weight is 1430 g/mol. The van der Waals surface area contributed by atoms with Crippen molar-refractivity contribution in [3.8, 4) is 40.7 Å². The number of fused-ring (bicyclic) bond motifs is 6. The highest BCUT2D eigenvalue weighted by molar-refractivity contribution is 8.17. The van der Waals surface area contributed by atoms with Crippen LogP contribution in [0.1, 0.15) is 153 Å². The van der Waals surface area contributed by atoms with Crippen molar-refractivity contribution < 1.29 is 66.9 Å². The van der Waals surface area contributed by atoms with E-state index in [1.807, 2.05) is 133 Å². The zero-order valence-corrected chi connectivity index (χ0v) is 60.9. The molecule has 5 atom stereocenters. The Hall–Kier alpha value is -9.71. The van der Waals surface area contributed by atoms with E-state index in [0.29, 0.717) is 35.8 Å². The Bertz CT molecular complexity index is 3980. The highest BCUT2D eigenvalue weighted by Crippen LogP contribution is 2.46. The summed E-state index contributed by atoms with van der Waals surface area (Å²) in [5, 5.41) is 25.9. The molecule has 0 unspecified atom stereocenters.